The van der Waals surface area contributed by atoms with Crippen LogP contribution in [0.3, 0.4) is 0 Å². The zero-order chi connectivity index (χ0) is 16.4. The maximum Gasteiger partial charge on any atom is 0.249 e. The lowest BCUT2D eigenvalue weighted by Gasteiger charge is -2.01. The molecule has 2 aromatic carbocycles. The van der Waals surface area contributed by atoms with Crippen LogP contribution < -0.4 is 0 Å². The lowest BCUT2D eigenvalue weighted by Crippen LogP contribution is -2.05. The Morgan fingerprint density at radius 1 is 0.957 bits per heavy atom. The van der Waals surface area contributed by atoms with Crippen LogP contribution in [-0.4, -0.2) is 18.6 Å². The third-order valence-electron chi connectivity index (χ3n) is 3.06. The van der Waals surface area contributed by atoms with E-state index >= 15 is 0 Å². The summed E-state index contributed by atoms with van der Waals surface area (Å²) in [6.45, 7) is 0. The Hall–Kier alpha value is -1.89. The molecule has 3 rings (SSSR count). The van der Waals surface area contributed by atoms with Gasteiger partial charge in [-0.05, 0) is 36.4 Å². The van der Waals surface area contributed by atoms with Crippen molar-refractivity contribution in [3.63, 3.8) is 0 Å². The van der Waals surface area contributed by atoms with E-state index in [2.05, 4.69) is 10.2 Å². The largest absolute Gasteiger partial charge is 0.420 e. The molecule has 8 heteroatoms. The molecule has 1 aromatic heterocycles. The monoisotopic (exact) mass is 368 g/mol. The highest BCUT2D eigenvalue weighted by Gasteiger charge is 2.20. The van der Waals surface area contributed by atoms with E-state index in [-0.39, 0.29) is 16.7 Å². The zero-order valence-corrected chi connectivity index (χ0v) is 13.9. The van der Waals surface area contributed by atoms with Gasteiger partial charge in [-0.3, -0.25) is 0 Å². The van der Waals surface area contributed by atoms with Crippen LogP contribution in [-0.2, 0) is 15.6 Å². The number of benzene rings is 2. The van der Waals surface area contributed by atoms with Crippen molar-refractivity contribution in [3.8, 4) is 11.5 Å². The molecule has 3 aromatic rings. The van der Waals surface area contributed by atoms with Gasteiger partial charge in [-0.1, -0.05) is 35.3 Å². The first kappa shape index (κ1) is 16.0. The van der Waals surface area contributed by atoms with E-state index in [9.17, 15) is 8.42 Å². The molecule has 0 aliphatic heterocycles. The van der Waals surface area contributed by atoms with Gasteiger partial charge in [-0.15, -0.1) is 10.2 Å². The second-order valence-corrected chi connectivity index (χ2v) is 7.53. The minimum absolute atomic E-state index is 0.00475. The minimum Gasteiger partial charge on any atom is -0.420 e. The van der Waals surface area contributed by atoms with Crippen molar-refractivity contribution >= 4 is 33.0 Å². The highest BCUT2D eigenvalue weighted by atomic mass is 35.5. The van der Waals surface area contributed by atoms with Gasteiger partial charge in [0.05, 0.1) is 15.5 Å². The molecule has 0 fully saturated rings. The smallest absolute Gasteiger partial charge is 0.249 e. The summed E-state index contributed by atoms with van der Waals surface area (Å²) in [6.07, 6.45) is 0. The van der Waals surface area contributed by atoms with Gasteiger partial charge in [0, 0.05) is 5.02 Å². The Morgan fingerprint density at radius 2 is 1.65 bits per heavy atom. The van der Waals surface area contributed by atoms with Crippen LogP contribution in [0.25, 0.3) is 11.5 Å². The zero-order valence-electron chi connectivity index (χ0n) is 11.6. The van der Waals surface area contributed by atoms with Gasteiger partial charge < -0.3 is 4.42 Å². The predicted molar refractivity (Wildman–Crippen MR) is 87.1 cm³/mol. The third-order valence-corrected chi connectivity index (χ3v) is 5.26. The number of rotatable bonds is 4. The van der Waals surface area contributed by atoms with E-state index in [1.54, 1.807) is 24.3 Å². The van der Waals surface area contributed by atoms with Gasteiger partial charge in [0.15, 0.2) is 9.84 Å². The van der Waals surface area contributed by atoms with Crippen LogP contribution in [0.5, 0.6) is 0 Å². The molecule has 0 N–H and O–H groups in total. The SMILES string of the molecule is O=S(=O)(Cc1nnc(-c2ccccc2Cl)o1)c1ccc(Cl)cc1. The molecule has 118 valence electrons. The molecule has 0 atom stereocenters. The van der Waals surface area contributed by atoms with E-state index in [0.717, 1.165) is 0 Å². The van der Waals surface area contributed by atoms with Crippen molar-refractivity contribution in [2.45, 2.75) is 10.6 Å². The second-order valence-electron chi connectivity index (χ2n) is 4.69. The lowest BCUT2D eigenvalue weighted by molar-refractivity contribution is 0.518. The van der Waals surface area contributed by atoms with Crippen molar-refractivity contribution < 1.29 is 12.8 Å². The van der Waals surface area contributed by atoms with Crippen molar-refractivity contribution in [1.29, 1.82) is 0 Å². The summed E-state index contributed by atoms with van der Waals surface area (Å²) in [5.41, 5.74) is 0.553. The molecular formula is C15H10Cl2N2O3S. The summed E-state index contributed by atoms with van der Waals surface area (Å²) in [6, 6.07) is 12.8. The van der Waals surface area contributed by atoms with E-state index in [1.807, 2.05) is 0 Å². The standard InChI is InChI=1S/C15H10Cl2N2O3S/c16-10-5-7-11(8-6-10)23(20,21)9-14-18-19-15(22-14)12-3-1-2-4-13(12)17/h1-8H,9H2. The Kier molecular flexibility index (Phi) is 4.39. The van der Waals surface area contributed by atoms with Crippen LogP contribution in [0, 0.1) is 0 Å². The fourth-order valence-electron chi connectivity index (χ4n) is 1.94. The lowest BCUT2D eigenvalue weighted by atomic mass is 10.2. The normalized spacial score (nSPS) is 11.6. The molecule has 5 nitrogen and oxygen atoms in total. The summed E-state index contributed by atoms with van der Waals surface area (Å²) in [4.78, 5) is 0.138. The number of nitrogens with zero attached hydrogens (tertiary/aromatic N) is 2. The highest BCUT2D eigenvalue weighted by molar-refractivity contribution is 7.90. The van der Waals surface area contributed by atoms with Crippen LogP contribution in [0.4, 0.5) is 0 Å². The molecule has 1 heterocycles. The van der Waals surface area contributed by atoms with Gasteiger partial charge in [0.1, 0.15) is 5.75 Å². The number of sulfone groups is 1. The number of hydrogen-bond donors (Lipinski definition) is 0. The van der Waals surface area contributed by atoms with E-state index in [0.29, 0.717) is 15.6 Å². The Balaban J connectivity index is 1.87. The summed E-state index contributed by atoms with van der Waals surface area (Å²) >= 11 is 11.8. The maximum absolute atomic E-state index is 12.3. The van der Waals surface area contributed by atoms with Crippen LogP contribution in [0.1, 0.15) is 5.89 Å². The quantitative estimate of drug-likeness (QED) is 0.695. The Bertz CT molecular complexity index is 937. The van der Waals surface area contributed by atoms with Gasteiger partial charge in [0.25, 0.3) is 0 Å². The molecule has 0 saturated heterocycles. The highest BCUT2D eigenvalue weighted by Crippen LogP contribution is 2.27. The number of halogens is 2. The number of aromatic nitrogens is 2. The summed E-state index contributed by atoms with van der Waals surface area (Å²) in [5.74, 6) is -0.224. The van der Waals surface area contributed by atoms with E-state index in [1.165, 1.54) is 24.3 Å². The maximum atomic E-state index is 12.3. The molecule has 0 unspecified atom stereocenters. The van der Waals surface area contributed by atoms with Gasteiger partial charge in [-0.25, -0.2) is 8.42 Å². The number of hydrogen-bond acceptors (Lipinski definition) is 5. The topological polar surface area (TPSA) is 73.1 Å². The van der Waals surface area contributed by atoms with E-state index < -0.39 is 15.6 Å². The van der Waals surface area contributed by atoms with Gasteiger partial charge in [-0.2, -0.15) is 0 Å². The van der Waals surface area contributed by atoms with Crippen LogP contribution >= 0.6 is 23.2 Å². The molecule has 0 spiro atoms. The van der Waals surface area contributed by atoms with Crippen LogP contribution in [0.15, 0.2) is 57.8 Å². The Morgan fingerprint density at radius 3 is 2.35 bits per heavy atom. The van der Waals surface area contributed by atoms with Crippen LogP contribution in [0.2, 0.25) is 10.0 Å². The second kappa shape index (κ2) is 6.31. The first-order valence-corrected chi connectivity index (χ1v) is 8.92. The summed E-state index contributed by atoms with van der Waals surface area (Å²) in [7, 11) is -3.60. The fraction of sp³-hybridized carbons (Fsp3) is 0.0667. The average molecular weight is 369 g/mol. The molecule has 0 saturated carbocycles. The molecule has 23 heavy (non-hydrogen) atoms. The Labute approximate surface area is 142 Å². The molecule has 0 aliphatic carbocycles. The molecule has 0 radical (unpaired) electrons. The average Bonchev–Trinajstić information content (AvgIpc) is 2.95. The summed E-state index contributed by atoms with van der Waals surface area (Å²) < 4.78 is 30.1. The van der Waals surface area contributed by atoms with Gasteiger partial charge >= 0.3 is 0 Å². The minimum atomic E-state index is -3.60. The van der Waals surface area contributed by atoms with Crippen molar-refractivity contribution in [2.75, 3.05) is 0 Å². The molecular weight excluding hydrogens is 359 g/mol. The third kappa shape index (κ3) is 3.55. The fourth-order valence-corrected chi connectivity index (χ4v) is 3.44. The first-order valence-electron chi connectivity index (χ1n) is 6.51. The van der Waals surface area contributed by atoms with Crippen molar-refractivity contribution in [3.05, 3.63) is 64.5 Å². The van der Waals surface area contributed by atoms with Crippen molar-refractivity contribution in [2.24, 2.45) is 0 Å². The van der Waals surface area contributed by atoms with Gasteiger partial charge in [0.2, 0.25) is 11.8 Å². The molecule has 0 amide bonds. The molecule has 0 bridgehead atoms. The first-order chi connectivity index (χ1) is 11.0. The molecule has 0 aliphatic rings. The van der Waals surface area contributed by atoms with E-state index in [4.69, 9.17) is 27.6 Å². The summed E-state index contributed by atoms with van der Waals surface area (Å²) in [5, 5.41) is 8.54. The predicted octanol–water partition coefficient (Wildman–Crippen LogP) is 4.02. The van der Waals surface area contributed by atoms with Crippen molar-refractivity contribution in [1.82, 2.24) is 10.2 Å².